The van der Waals surface area contributed by atoms with Crippen molar-refractivity contribution in [1.82, 2.24) is 4.90 Å². The van der Waals surface area contributed by atoms with E-state index in [1.807, 2.05) is 24.3 Å². The van der Waals surface area contributed by atoms with Crippen LogP contribution in [0.4, 0.5) is 0 Å². The summed E-state index contributed by atoms with van der Waals surface area (Å²) < 4.78 is 11.1. The molecule has 27 heavy (non-hydrogen) atoms. The Balaban J connectivity index is 1.75. The van der Waals surface area contributed by atoms with Crippen LogP contribution in [0.15, 0.2) is 47.4 Å². The van der Waals surface area contributed by atoms with Crippen molar-refractivity contribution in [2.45, 2.75) is 6.42 Å². The second-order valence-electron chi connectivity index (χ2n) is 5.86. The second-order valence-corrected chi connectivity index (χ2v) is 7.53. The van der Waals surface area contributed by atoms with Crippen molar-refractivity contribution in [2.24, 2.45) is 0 Å². The van der Waals surface area contributed by atoms with Crippen molar-refractivity contribution >= 4 is 40.3 Å². The van der Waals surface area contributed by atoms with Gasteiger partial charge in [0.05, 0.1) is 19.1 Å². The number of carbonyl (C=O) groups is 1. The van der Waals surface area contributed by atoms with Crippen LogP contribution in [-0.4, -0.2) is 41.0 Å². The van der Waals surface area contributed by atoms with Gasteiger partial charge in [0.25, 0.3) is 5.91 Å². The molecule has 1 aliphatic rings. The lowest BCUT2D eigenvalue weighted by Gasteiger charge is -2.14. The van der Waals surface area contributed by atoms with Crippen molar-refractivity contribution in [3.63, 3.8) is 0 Å². The first-order valence-corrected chi connectivity index (χ1v) is 9.49. The average molecular weight is 402 g/mol. The standard InChI is InChI=1S/C20H19NO4S2/c1-24-16-8-5-14(17(12-16)25-2)11-18-19(23)21(20(26)27-18)10-9-13-3-6-15(22)7-4-13/h3-8,11-12,22H,9-10H2,1-2H3. The number of nitrogens with zero attached hydrogens (tertiary/aromatic N) is 1. The highest BCUT2D eigenvalue weighted by Crippen LogP contribution is 2.35. The van der Waals surface area contributed by atoms with Crippen LogP contribution in [0.5, 0.6) is 17.2 Å². The molecule has 7 heteroatoms. The smallest absolute Gasteiger partial charge is 0.266 e. The Morgan fingerprint density at radius 1 is 1.15 bits per heavy atom. The number of benzene rings is 2. The number of rotatable bonds is 6. The number of methoxy groups -OCH3 is 2. The lowest BCUT2D eigenvalue weighted by Crippen LogP contribution is -2.30. The molecular weight excluding hydrogens is 382 g/mol. The predicted molar refractivity (Wildman–Crippen MR) is 111 cm³/mol. The fourth-order valence-corrected chi connectivity index (χ4v) is 3.97. The summed E-state index contributed by atoms with van der Waals surface area (Å²) in [7, 11) is 3.17. The van der Waals surface area contributed by atoms with Gasteiger partial charge in [0, 0.05) is 18.2 Å². The summed E-state index contributed by atoms with van der Waals surface area (Å²) in [4.78, 5) is 14.9. The molecule has 0 saturated carbocycles. The highest BCUT2D eigenvalue weighted by Gasteiger charge is 2.31. The Bertz CT molecular complexity index is 893. The molecule has 0 unspecified atom stereocenters. The summed E-state index contributed by atoms with van der Waals surface area (Å²) in [6.07, 6.45) is 2.45. The lowest BCUT2D eigenvalue weighted by molar-refractivity contribution is -0.122. The van der Waals surface area contributed by atoms with E-state index < -0.39 is 0 Å². The highest BCUT2D eigenvalue weighted by atomic mass is 32.2. The van der Waals surface area contributed by atoms with Crippen molar-refractivity contribution < 1.29 is 19.4 Å². The van der Waals surface area contributed by atoms with Gasteiger partial charge in [-0.25, -0.2) is 0 Å². The maximum atomic E-state index is 12.8. The number of thiocarbonyl (C=S) groups is 1. The predicted octanol–water partition coefficient (Wildman–Crippen LogP) is 3.85. The third kappa shape index (κ3) is 4.43. The molecule has 0 bridgehead atoms. The van der Waals surface area contributed by atoms with Crippen LogP contribution in [0.25, 0.3) is 6.08 Å². The van der Waals surface area contributed by atoms with Crippen molar-refractivity contribution in [1.29, 1.82) is 0 Å². The highest BCUT2D eigenvalue weighted by molar-refractivity contribution is 8.26. The maximum absolute atomic E-state index is 12.8. The Labute approximate surface area is 167 Å². The summed E-state index contributed by atoms with van der Waals surface area (Å²) in [5.74, 6) is 1.43. The topological polar surface area (TPSA) is 59.0 Å². The van der Waals surface area contributed by atoms with E-state index in [0.717, 1.165) is 11.1 Å². The number of ether oxygens (including phenoxy) is 2. The molecule has 0 aromatic heterocycles. The molecule has 1 heterocycles. The number of aromatic hydroxyl groups is 1. The van der Waals surface area contributed by atoms with Crippen LogP contribution >= 0.6 is 24.0 Å². The number of amides is 1. The van der Waals surface area contributed by atoms with Gasteiger partial charge in [-0.3, -0.25) is 9.69 Å². The van der Waals surface area contributed by atoms with Gasteiger partial charge < -0.3 is 14.6 Å². The number of phenols is 1. The minimum Gasteiger partial charge on any atom is -0.508 e. The number of hydrogen-bond donors (Lipinski definition) is 1. The van der Waals surface area contributed by atoms with Crippen molar-refractivity contribution in [3.8, 4) is 17.2 Å². The maximum Gasteiger partial charge on any atom is 0.266 e. The van der Waals surface area contributed by atoms with E-state index in [1.165, 1.54) is 11.8 Å². The second kappa shape index (κ2) is 8.45. The average Bonchev–Trinajstić information content (AvgIpc) is 2.94. The van der Waals surface area contributed by atoms with E-state index >= 15 is 0 Å². The van der Waals surface area contributed by atoms with E-state index in [1.54, 1.807) is 43.4 Å². The third-order valence-corrected chi connectivity index (χ3v) is 5.54. The molecule has 2 aromatic carbocycles. The Kier molecular flexibility index (Phi) is 6.03. The lowest BCUT2D eigenvalue weighted by atomic mass is 10.1. The molecule has 1 fully saturated rings. The van der Waals surface area contributed by atoms with Gasteiger partial charge in [-0.2, -0.15) is 0 Å². The molecule has 140 valence electrons. The molecular formula is C20H19NO4S2. The molecule has 1 amide bonds. The first kappa shape index (κ1) is 19.3. The van der Waals surface area contributed by atoms with Crippen LogP contribution in [0.2, 0.25) is 0 Å². The Morgan fingerprint density at radius 2 is 1.89 bits per heavy atom. The van der Waals surface area contributed by atoms with Gasteiger partial charge >= 0.3 is 0 Å². The van der Waals surface area contributed by atoms with Gasteiger partial charge in [-0.15, -0.1) is 0 Å². The fraction of sp³-hybridized carbons (Fsp3) is 0.200. The van der Waals surface area contributed by atoms with Gasteiger partial charge in [0.2, 0.25) is 0 Å². The summed E-state index contributed by atoms with van der Waals surface area (Å²) in [6.45, 7) is 0.493. The van der Waals surface area contributed by atoms with E-state index in [-0.39, 0.29) is 11.7 Å². The normalized spacial score (nSPS) is 15.5. The molecule has 0 aliphatic carbocycles. The molecule has 0 atom stereocenters. The largest absolute Gasteiger partial charge is 0.508 e. The SMILES string of the molecule is COc1ccc(C=C2SC(=S)N(CCc3ccc(O)cc3)C2=O)c(OC)c1. The molecule has 1 N–H and O–H groups in total. The molecule has 0 radical (unpaired) electrons. The summed E-state index contributed by atoms with van der Waals surface area (Å²) in [6, 6.07) is 12.4. The Morgan fingerprint density at radius 3 is 2.56 bits per heavy atom. The molecule has 2 aromatic rings. The van der Waals surface area contributed by atoms with Crippen molar-refractivity contribution in [2.75, 3.05) is 20.8 Å². The molecule has 1 aliphatic heterocycles. The van der Waals surface area contributed by atoms with Gasteiger partial charge in [-0.1, -0.05) is 36.1 Å². The zero-order chi connectivity index (χ0) is 19.4. The van der Waals surface area contributed by atoms with E-state index in [4.69, 9.17) is 21.7 Å². The third-order valence-electron chi connectivity index (χ3n) is 4.16. The molecule has 3 rings (SSSR count). The monoisotopic (exact) mass is 401 g/mol. The minimum absolute atomic E-state index is 0.110. The fourth-order valence-electron chi connectivity index (χ4n) is 2.68. The first-order valence-electron chi connectivity index (χ1n) is 8.27. The summed E-state index contributed by atoms with van der Waals surface area (Å²) >= 11 is 6.67. The summed E-state index contributed by atoms with van der Waals surface area (Å²) in [5, 5.41) is 9.36. The van der Waals surface area contributed by atoms with Gasteiger partial charge in [0.15, 0.2) is 0 Å². The van der Waals surface area contributed by atoms with Crippen molar-refractivity contribution in [3.05, 3.63) is 58.5 Å². The van der Waals surface area contributed by atoms with Crippen LogP contribution < -0.4 is 9.47 Å². The van der Waals surface area contributed by atoms with Gasteiger partial charge in [-0.05, 0) is 42.3 Å². The summed E-state index contributed by atoms with van der Waals surface area (Å²) in [5.41, 5.74) is 1.82. The van der Waals surface area contributed by atoms with E-state index in [9.17, 15) is 9.90 Å². The number of carbonyl (C=O) groups excluding carboxylic acids is 1. The first-order chi connectivity index (χ1) is 13.0. The number of phenolic OH excluding ortho intramolecular Hbond substituents is 1. The number of hydrogen-bond acceptors (Lipinski definition) is 6. The minimum atomic E-state index is -0.110. The Hall–Kier alpha value is -2.51. The van der Waals surface area contributed by atoms with E-state index in [2.05, 4.69) is 0 Å². The quantitative estimate of drug-likeness (QED) is 0.586. The molecule has 5 nitrogen and oxygen atoms in total. The number of thioether (sulfide) groups is 1. The van der Waals surface area contributed by atoms with Crippen LogP contribution in [0.1, 0.15) is 11.1 Å². The zero-order valence-electron chi connectivity index (χ0n) is 15.0. The van der Waals surface area contributed by atoms with E-state index in [0.29, 0.717) is 33.7 Å². The van der Waals surface area contributed by atoms with Crippen LogP contribution in [-0.2, 0) is 11.2 Å². The molecule has 0 spiro atoms. The van der Waals surface area contributed by atoms with Crippen LogP contribution in [0, 0.1) is 0 Å². The molecule has 1 saturated heterocycles. The van der Waals surface area contributed by atoms with Crippen LogP contribution in [0.3, 0.4) is 0 Å². The zero-order valence-corrected chi connectivity index (χ0v) is 16.6. The van der Waals surface area contributed by atoms with Gasteiger partial charge in [0.1, 0.15) is 21.6 Å².